The second kappa shape index (κ2) is 5.50. The van der Waals surface area contributed by atoms with Gasteiger partial charge in [-0.1, -0.05) is 20.8 Å². The Morgan fingerprint density at radius 1 is 1.47 bits per heavy atom. The Hall–Kier alpha value is -0.460. The van der Waals surface area contributed by atoms with Crippen molar-refractivity contribution in [3.63, 3.8) is 0 Å². The van der Waals surface area contributed by atoms with Crippen molar-refractivity contribution in [1.82, 2.24) is 10.3 Å². The lowest BCUT2D eigenvalue weighted by atomic mass is 9.93. The van der Waals surface area contributed by atoms with Crippen LogP contribution in [0.1, 0.15) is 44.3 Å². The Labute approximate surface area is 119 Å². The van der Waals surface area contributed by atoms with Crippen molar-refractivity contribution < 1.29 is 8.42 Å². The molecule has 1 aromatic rings. The summed E-state index contributed by atoms with van der Waals surface area (Å²) >= 11 is 1.64. The standard InChI is InChI=1S/C13H22N2O2S2/c1-13(2,3)11-9-18-12(15-11)8-14-7-10-5-4-6-19(10,16)17/h9-10,14H,4-8H2,1-3H3. The van der Waals surface area contributed by atoms with Gasteiger partial charge in [0.2, 0.25) is 0 Å². The van der Waals surface area contributed by atoms with Crippen molar-refractivity contribution in [1.29, 1.82) is 0 Å². The third kappa shape index (κ3) is 3.77. The summed E-state index contributed by atoms with van der Waals surface area (Å²) in [4.78, 5) is 4.59. The molecule has 1 saturated heterocycles. The van der Waals surface area contributed by atoms with Gasteiger partial charge in [0.15, 0.2) is 9.84 Å². The Kier molecular flexibility index (Phi) is 4.32. The molecule has 1 aliphatic rings. The van der Waals surface area contributed by atoms with E-state index in [1.165, 1.54) is 0 Å². The smallest absolute Gasteiger partial charge is 0.154 e. The molecule has 0 bridgehead atoms. The Balaban J connectivity index is 1.85. The molecule has 1 fully saturated rings. The number of hydrogen-bond donors (Lipinski definition) is 1. The van der Waals surface area contributed by atoms with Crippen molar-refractivity contribution in [3.05, 3.63) is 16.1 Å². The van der Waals surface area contributed by atoms with Crippen molar-refractivity contribution in [2.75, 3.05) is 12.3 Å². The van der Waals surface area contributed by atoms with Crippen LogP contribution in [0.5, 0.6) is 0 Å². The Bertz CT molecular complexity index is 529. The largest absolute Gasteiger partial charge is 0.309 e. The highest BCUT2D eigenvalue weighted by molar-refractivity contribution is 7.92. The van der Waals surface area contributed by atoms with Crippen LogP contribution in [0.2, 0.25) is 0 Å². The van der Waals surface area contributed by atoms with Crippen molar-refractivity contribution in [2.24, 2.45) is 0 Å². The van der Waals surface area contributed by atoms with Gasteiger partial charge in [-0.2, -0.15) is 0 Å². The third-order valence-corrected chi connectivity index (χ3v) is 6.56. The number of nitrogens with one attached hydrogen (secondary N) is 1. The lowest BCUT2D eigenvalue weighted by molar-refractivity contribution is 0.563. The quantitative estimate of drug-likeness (QED) is 0.925. The predicted octanol–water partition coefficient (Wildman–Crippen LogP) is 2.11. The van der Waals surface area contributed by atoms with Gasteiger partial charge in [-0.3, -0.25) is 0 Å². The van der Waals surface area contributed by atoms with Gasteiger partial charge in [0.1, 0.15) is 5.01 Å². The molecule has 0 radical (unpaired) electrons. The van der Waals surface area contributed by atoms with Crippen LogP contribution in [0.4, 0.5) is 0 Å². The molecule has 1 N–H and O–H groups in total. The average molecular weight is 302 g/mol. The van der Waals surface area contributed by atoms with E-state index in [0.29, 0.717) is 18.8 Å². The molecule has 1 aliphatic heterocycles. The van der Waals surface area contributed by atoms with E-state index in [-0.39, 0.29) is 10.7 Å². The maximum absolute atomic E-state index is 11.7. The maximum atomic E-state index is 11.7. The zero-order valence-corrected chi connectivity index (χ0v) is 13.4. The molecule has 2 heterocycles. The minimum Gasteiger partial charge on any atom is -0.309 e. The van der Waals surface area contributed by atoms with Crippen LogP contribution in [0, 0.1) is 0 Å². The van der Waals surface area contributed by atoms with Crippen LogP contribution in [-0.2, 0) is 21.8 Å². The topological polar surface area (TPSA) is 59.1 Å². The molecule has 0 spiro atoms. The first-order chi connectivity index (χ1) is 8.79. The maximum Gasteiger partial charge on any atom is 0.154 e. The highest BCUT2D eigenvalue weighted by atomic mass is 32.2. The van der Waals surface area contributed by atoms with Crippen LogP contribution in [0.15, 0.2) is 5.38 Å². The molecule has 0 aromatic carbocycles. The van der Waals surface area contributed by atoms with Gasteiger partial charge in [0, 0.05) is 23.9 Å². The summed E-state index contributed by atoms with van der Waals surface area (Å²) in [6, 6.07) is 0. The molecule has 108 valence electrons. The summed E-state index contributed by atoms with van der Waals surface area (Å²) in [6.07, 6.45) is 1.60. The molecule has 4 nitrogen and oxygen atoms in total. The fourth-order valence-electron chi connectivity index (χ4n) is 2.16. The zero-order chi connectivity index (χ0) is 14.1. The van der Waals surface area contributed by atoms with Gasteiger partial charge in [-0.15, -0.1) is 11.3 Å². The second-order valence-corrected chi connectivity index (χ2v) is 9.48. The fraction of sp³-hybridized carbons (Fsp3) is 0.769. The number of hydrogen-bond acceptors (Lipinski definition) is 5. The number of rotatable bonds is 4. The zero-order valence-electron chi connectivity index (χ0n) is 11.8. The second-order valence-electron chi connectivity index (χ2n) is 6.14. The lowest BCUT2D eigenvalue weighted by Crippen LogP contribution is -2.30. The summed E-state index contributed by atoms with van der Waals surface area (Å²) < 4.78 is 23.4. The highest BCUT2D eigenvalue weighted by Crippen LogP contribution is 2.24. The van der Waals surface area contributed by atoms with E-state index in [0.717, 1.165) is 23.5 Å². The van der Waals surface area contributed by atoms with Crippen molar-refractivity contribution in [3.8, 4) is 0 Å². The van der Waals surface area contributed by atoms with Crippen LogP contribution in [0.3, 0.4) is 0 Å². The van der Waals surface area contributed by atoms with E-state index in [2.05, 4.69) is 36.5 Å². The van der Waals surface area contributed by atoms with Gasteiger partial charge in [0.05, 0.1) is 16.7 Å². The molecule has 1 unspecified atom stereocenters. The van der Waals surface area contributed by atoms with Crippen LogP contribution >= 0.6 is 11.3 Å². The summed E-state index contributed by atoms with van der Waals surface area (Å²) in [5.41, 5.74) is 1.17. The van der Waals surface area contributed by atoms with E-state index in [4.69, 9.17) is 0 Å². The van der Waals surface area contributed by atoms with Gasteiger partial charge >= 0.3 is 0 Å². The average Bonchev–Trinajstić information content (AvgIpc) is 2.85. The minimum atomic E-state index is -2.84. The molecule has 19 heavy (non-hydrogen) atoms. The molecule has 1 atom stereocenters. The number of sulfone groups is 1. The third-order valence-electron chi connectivity index (χ3n) is 3.43. The molecule has 0 saturated carbocycles. The molecule has 6 heteroatoms. The van der Waals surface area contributed by atoms with Crippen LogP contribution in [-0.4, -0.2) is 30.9 Å². The Morgan fingerprint density at radius 2 is 2.21 bits per heavy atom. The first-order valence-electron chi connectivity index (χ1n) is 6.66. The van der Waals surface area contributed by atoms with Crippen LogP contribution < -0.4 is 5.32 Å². The van der Waals surface area contributed by atoms with E-state index in [9.17, 15) is 8.42 Å². The Morgan fingerprint density at radius 3 is 2.74 bits per heavy atom. The predicted molar refractivity (Wildman–Crippen MR) is 79.3 cm³/mol. The lowest BCUT2D eigenvalue weighted by Gasteiger charge is -2.14. The summed E-state index contributed by atoms with van der Waals surface area (Å²) in [6.45, 7) is 7.64. The van der Waals surface area contributed by atoms with E-state index >= 15 is 0 Å². The van der Waals surface area contributed by atoms with E-state index < -0.39 is 9.84 Å². The fourth-order valence-corrected chi connectivity index (χ4v) is 4.95. The number of nitrogens with zero attached hydrogens (tertiary/aromatic N) is 1. The minimum absolute atomic E-state index is 0.0730. The molecule has 0 amide bonds. The highest BCUT2D eigenvalue weighted by Gasteiger charge is 2.30. The molecule has 1 aromatic heterocycles. The summed E-state index contributed by atoms with van der Waals surface area (Å²) in [5, 5.41) is 6.15. The molecular formula is C13H22N2O2S2. The molecule has 2 rings (SSSR count). The number of thiazole rings is 1. The van der Waals surface area contributed by atoms with Crippen molar-refractivity contribution in [2.45, 2.75) is 50.8 Å². The summed E-state index contributed by atoms with van der Waals surface area (Å²) in [7, 11) is -2.84. The van der Waals surface area contributed by atoms with Gasteiger partial charge < -0.3 is 5.32 Å². The molecular weight excluding hydrogens is 280 g/mol. The van der Waals surface area contributed by atoms with E-state index in [1.54, 1.807) is 11.3 Å². The normalized spacial score (nSPS) is 22.8. The first kappa shape index (κ1) is 14.9. The summed E-state index contributed by atoms with van der Waals surface area (Å²) in [5.74, 6) is 0.352. The molecule has 0 aliphatic carbocycles. The van der Waals surface area contributed by atoms with Gasteiger partial charge in [0.25, 0.3) is 0 Å². The van der Waals surface area contributed by atoms with E-state index in [1.807, 2.05) is 0 Å². The van der Waals surface area contributed by atoms with Gasteiger partial charge in [-0.05, 0) is 12.8 Å². The SMILES string of the molecule is CC(C)(C)c1csc(CNCC2CCCS2(=O)=O)n1. The first-order valence-corrected chi connectivity index (χ1v) is 9.26. The van der Waals surface area contributed by atoms with Crippen molar-refractivity contribution >= 4 is 21.2 Å². The number of aromatic nitrogens is 1. The monoisotopic (exact) mass is 302 g/mol. The van der Waals surface area contributed by atoms with Gasteiger partial charge in [-0.25, -0.2) is 13.4 Å². The van der Waals surface area contributed by atoms with Crippen LogP contribution in [0.25, 0.3) is 0 Å².